The van der Waals surface area contributed by atoms with Crippen molar-refractivity contribution in [2.75, 3.05) is 26.4 Å². The van der Waals surface area contributed by atoms with Gasteiger partial charge in [0.1, 0.15) is 33.9 Å². The fourth-order valence-electron chi connectivity index (χ4n) is 8.43. The summed E-state index contributed by atoms with van der Waals surface area (Å²) in [5.41, 5.74) is -2.85. The van der Waals surface area contributed by atoms with Gasteiger partial charge in [-0.3, -0.25) is 0 Å². The van der Waals surface area contributed by atoms with Crippen LogP contribution < -0.4 is 2.89 Å². The van der Waals surface area contributed by atoms with Crippen LogP contribution in [0.5, 0.6) is 0 Å². The molecule has 0 aliphatic rings. The summed E-state index contributed by atoms with van der Waals surface area (Å²) in [6, 6.07) is 12.1. The van der Waals surface area contributed by atoms with Gasteiger partial charge in [-0.2, -0.15) is 0 Å². The first-order chi connectivity index (χ1) is 36.1. The molecule has 402 valence electrons. The molecular weight excluding hydrogens is 1320 g/mol. The molecule has 6 heterocycles. The van der Waals surface area contributed by atoms with Crippen LogP contribution in [0.4, 0.5) is 17.6 Å². The van der Waals surface area contributed by atoms with Crippen LogP contribution in [0, 0.1) is 23.3 Å². The van der Waals surface area contributed by atoms with Gasteiger partial charge < -0.3 is 18.9 Å². The molecule has 6 aromatic heterocycles. The quantitative estimate of drug-likeness (QED) is 0.0244. The number of hydrogen-bond donors (Lipinski definition) is 0. The Morgan fingerprint density at radius 1 is 0.453 bits per heavy atom. The number of ether oxygens (including phenoxy) is 4. The molecule has 0 aliphatic heterocycles. The molecule has 2 aromatic carbocycles. The predicted octanol–water partition coefficient (Wildman–Crippen LogP) is 19.1. The first-order valence-electron chi connectivity index (χ1n) is 24.6. The summed E-state index contributed by atoms with van der Waals surface area (Å²) in [5.74, 6) is -8.23. The van der Waals surface area contributed by atoms with Crippen molar-refractivity contribution < 1.29 is 55.7 Å². The van der Waals surface area contributed by atoms with Gasteiger partial charge in [0.05, 0.1) is 35.4 Å². The van der Waals surface area contributed by atoms with E-state index < -0.39 is 96.7 Å². The zero-order valence-electron chi connectivity index (χ0n) is 42.4. The first kappa shape index (κ1) is 61.0. The monoisotopic (exact) mass is 1380 g/mol. The van der Waals surface area contributed by atoms with Crippen molar-refractivity contribution in [2.24, 2.45) is 0 Å². The third kappa shape index (κ3) is 13.8. The molecule has 8 aromatic rings. The van der Waals surface area contributed by atoms with Crippen LogP contribution in [0.3, 0.4) is 0 Å². The Morgan fingerprint density at radius 2 is 0.773 bits per heavy atom. The maximum absolute atomic E-state index is 16.3. The average molecular weight is 1380 g/mol. The molecule has 8 rings (SSSR count). The van der Waals surface area contributed by atoms with Gasteiger partial charge in [0.2, 0.25) is 0 Å². The summed E-state index contributed by atoms with van der Waals surface area (Å²) in [6.07, 6.45) is 8.52. The van der Waals surface area contributed by atoms with E-state index in [4.69, 9.17) is 9.47 Å². The van der Waals surface area contributed by atoms with Gasteiger partial charge in [-0.25, -0.2) is 36.7 Å². The largest absolute Gasteiger partial charge is 0.462 e. The van der Waals surface area contributed by atoms with Crippen LogP contribution in [-0.2, 0) is 18.9 Å². The normalized spacial score (nSPS) is 11.4. The minimum atomic E-state index is -2.14. The summed E-state index contributed by atoms with van der Waals surface area (Å²) in [5, 5.41) is 6.04. The van der Waals surface area contributed by atoms with Crippen LogP contribution in [0.15, 0.2) is 61.5 Å². The van der Waals surface area contributed by atoms with Gasteiger partial charge in [0, 0.05) is 39.7 Å². The van der Waals surface area contributed by atoms with Gasteiger partial charge in [0.15, 0.2) is 11.6 Å². The van der Waals surface area contributed by atoms with E-state index in [1.807, 2.05) is 37.1 Å². The SMILES string of the molecule is CCC[CH2][Sn]([CH2]CCC)([CH2]CCC)[c]1cc2sccc2s1.CCOC(=O)c1c(F)c(-c2cc3sccc3s2)c(C(=O)OCC)c(F)c1-c1cc2sccc2s1.CCOC(=O)c1c(F)c(Br)c(C(=O)OCC)c(F)c1Br. The van der Waals surface area contributed by atoms with Crippen molar-refractivity contribution in [3.8, 4) is 20.9 Å². The fraction of sp³-hybridized carbons (Fsp3) is 0.370. The Labute approximate surface area is 478 Å². The number of carbonyl (C=O) groups is 4. The number of esters is 4. The number of rotatable bonds is 20. The zero-order chi connectivity index (χ0) is 54.6. The van der Waals surface area contributed by atoms with E-state index in [0.29, 0.717) is 9.75 Å². The summed E-state index contributed by atoms with van der Waals surface area (Å²) < 4.78 is 92.6. The maximum atomic E-state index is 16.3. The van der Waals surface area contributed by atoms with Crippen molar-refractivity contribution in [1.82, 2.24) is 0 Å². The molecule has 0 saturated heterocycles. The third-order valence-corrected chi connectivity index (χ3v) is 38.0. The predicted molar refractivity (Wildman–Crippen MR) is 314 cm³/mol. The summed E-state index contributed by atoms with van der Waals surface area (Å²) >= 11 is 12.8. The standard InChI is InChI=1S/C24H16F2O4S4.C12H10Br2F2O4.C6H3S2.3C4H9.Sn/c1-3-29-23(27)19-17(15-9-13-11(33-15)5-7-31-13)22(26)20(24(28)30-4-2)18(21(19)25)16-10-14-12(34-16)6-8-32-14;1-3-19-11(17)5-7(13)10(16)6(8(14)9(5)15)12(18)20-4-2;1-3-7-6-2-4-8-5(1)6;3*1-3-4-2;/h5-10H,3-4H2,1-2H3;3-4H2,1-2H3;1-3H;3*1,3-4H2,2H3;. The Kier molecular flexibility index (Phi) is 23.3. The fourth-order valence-corrected chi connectivity index (χ4v) is 35.4. The second kappa shape index (κ2) is 28.6. The van der Waals surface area contributed by atoms with E-state index in [1.165, 1.54) is 97.7 Å². The van der Waals surface area contributed by atoms with Gasteiger partial charge in [-0.05, 0) is 94.6 Å². The van der Waals surface area contributed by atoms with E-state index >= 15 is 8.78 Å². The van der Waals surface area contributed by atoms with Crippen molar-refractivity contribution in [2.45, 2.75) is 100 Å². The Morgan fingerprint density at radius 3 is 1.08 bits per heavy atom. The minimum absolute atomic E-state index is 0.00355. The van der Waals surface area contributed by atoms with E-state index in [-0.39, 0.29) is 37.6 Å². The van der Waals surface area contributed by atoms with E-state index in [0.717, 1.165) is 18.8 Å². The van der Waals surface area contributed by atoms with E-state index in [2.05, 4.69) is 91.0 Å². The number of fused-ring (bicyclic) bond motifs is 3. The number of halogens is 6. The molecule has 0 N–H and O–H groups in total. The number of hydrogen-bond acceptors (Lipinski definition) is 14. The summed E-state index contributed by atoms with van der Waals surface area (Å²) in [6.45, 7) is 13.3. The summed E-state index contributed by atoms with van der Waals surface area (Å²) in [4.78, 5) is 49.8. The smallest absolute Gasteiger partial charge is 0.342 e. The van der Waals surface area contributed by atoms with Gasteiger partial charge in [-0.15, -0.1) is 45.3 Å². The van der Waals surface area contributed by atoms with Gasteiger partial charge >= 0.3 is 167 Å². The zero-order valence-corrected chi connectivity index (χ0v) is 53.3. The molecule has 0 amide bonds. The third-order valence-electron chi connectivity index (χ3n) is 12.0. The molecule has 0 atom stereocenters. The molecule has 0 spiro atoms. The average Bonchev–Trinajstić information content (AvgIpc) is 4.25. The topological polar surface area (TPSA) is 105 Å². The second-order valence-corrected chi connectivity index (χ2v) is 38.7. The van der Waals surface area contributed by atoms with Crippen molar-refractivity contribution in [3.05, 3.63) is 107 Å². The van der Waals surface area contributed by atoms with E-state index in [1.54, 1.807) is 48.7 Å². The van der Waals surface area contributed by atoms with Crippen LogP contribution >= 0.6 is 99.9 Å². The molecular formula is C54H56Br2F4O8S6Sn. The molecule has 21 heteroatoms. The Bertz CT molecular complexity index is 2980. The number of thiophene rings is 6. The number of benzene rings is 2. The molecule has 0 bridgehead atoms. The van der Waals surface area contributed by atoms with Crippen LogP contribution in [0.1, 0.15) is 128 Å². The minimum Gasteiger partial charge on any atom is -0.462 e. The van der Waals surface area contributed by atoms with Crippen molar-refractivity contribution in [1.29, 1.82) is 0 Å². The number of unbranched alkanes of at least 4 members (excludes halogenated alkanes) is 3. The molecule has 0 saturated carbocycles. The molecule has 0 radical (unpaired) electrons. The maximum Gasteiger partial charge on any atom is 0.342 e. The van der Waals surface area contributed by atoms with Crippen molar-refractivity contribution in [3.63, 3.8) is 0 Å². The van der Waals surface area contributed by atoms with Crippen LogP contribution in [0.25, 0.3) is 49.1 Å². The van der Waals surface area contributed by atoms with Crippen LogP contribution in [0.2, 0.25) is 13.3 Å². The first-order valence-corrected chi connectivity index (χ1v) is 38.7. The molecule has 8 nitrogen and oxygen atoms in total. The molecule has 0 fully saturated rings. The van der Waals surface area contributed by atoms with Gasteiger partial charge in [-0.1, -0.05) is 0 Å². The van der Waals surface area contributed by atoms with Crippen LogP contribution in [-0.4, -0.2) is 68.7 Å². The van der Waals surface area contributed by atoms with Gasteiger partial charge in [0.25, 0.3) is 0 Å². The second-order valence-electron chi connectivity index (χ2n) is 16.9. The Balaban J connectivity index is 0.000000194. The van der Waals surface area contributed by atoms with E-state index in [9.17, 15) is 28.0 Å². The summed E-state index contributed by atoms with van der Waals surface area (Å²) in [7, 11) is 0. The number of carbonyl (C=O) groups excluding carboxylic acids is 4. The molecule has 0 unspecified atom stereocenters. The molecule has 75 heavy (non-hydrogen) atoms. The molecule has 0 aliphatic carbocycles. The Hall–Kier alpha value is -3.22. The van der Waals surface area contributed by atoms with Crippen molar-refractivity contribution >= 4 is 173 Å².